The number of fused-ring (bicyclic) bond motifs is 4. The van der Waals surface area contributed by atoms with E-state index in [-0.39, 0.29) is 90.8 Å². The molecule has 7 amide bonds. The van der Waals surface area contributed by atoms with Crippen molar-refractivity contribution in [1.82, 2.24) is 59.5 Å². The van der Waals surface area contributed by atoms with Crippen LogP contribution in [0.5, 0.6) is 5.75 Å². The van der Waals surface area contributed by atoms with E-state index in [1.807, 2.05) is 84.7 Å². The number of likely N-dealkylation sites (tertiary alicyclic amines) is 3. The minimum atomic E-state index is -1.37. The predicted molar refractivity (Wildman–Crippen MR) is 354 cm³/mol. The van der Waals surface area contributed by atoms with Gasteiger partial charge in [-0.15, -0.1) is 21.0 Å². The average molecular weight is 1330 g/mol. The van der Waals surface area contributed by atoms with Crippen molar-refractivity contribution < 1.29 is 52.6 Å². The molecule has 3 aromatic heterocycles. The highest BCUT2D eigenvalue weighted by Gasteiger charge is 2.52. The molecule has 0 radical (unpaired) electrons. The van der Waals surface area contributed by atoms with Crippen molar-refractivity contribution in [1.29, 1.82) is 0 Å². The third-order valence-corrected chi connectivity index (χ3v) is 21.9. The van der Waals surface area contributed by atoms with Gasteiger partial charge in [-0.2, -0.15) is 5.10 Å². The number of halogens is 2. The van der Waals surface area contributed by atoms with Crippen LogP contribution >= 0.6 is 22.9 Å². The molecule has 4 N–H and O–H groups in total. The molecule has 0 aliphatic carbocycles. The second-order valence-corrected chi connectivity index (χ2v) is 27.4. The lowest BCUT2D eigenvalue weighted by Gasteiger charge is -2.45. The van der Waals surface area contributed by atoms with Gasteiger partial charge in [0.1, 0.15) is 48.3 Å². The van der Waals surface area contributed by atoms with Crippen molar-refractivity contribution in [2.24, 2.45) is 11.8 Å². The van der Waals surface area contributed by atoms with Gasteiger partial charge in [0.25, 0.3) is 5.91 Å². The molecule has 1 atom stereocenters. The quantitative estimate of drug-likeness (QED) is 0.0694. The maximum atomic E-state index is 16.5. The van der Waals surface area contributed by atoms with E-state index in [0.717, 1.165) is 15.8 Å². The summed E-state index contributed by atoms with van der Waals surface area (Å²) >= 11 is 8.06. The van der Waals surface area contributed by atoms with Crippen molar-refractivity contribution in [2.45, 2.75) is 81.8 Å². The zero-order valence-corrected chi connectivity index (χ0v) is 54.0. The summed E-state index contributed by atoms with van der Waals surface area (Å²) in [6.07, 6.45) is 5.25. The number of carbonyl (C=O) groups is 8. The molecule has 4 saturated heterocycles. The van der Waals surface area contributed by atoms with Gasteiger partial charge in [-0.25, -0.2) is 14.2 Å². The Hall–Kier alpha value is -9.17. The number of amides is 7. The third kappa shape index (κ3) is 12.0. The lowest BCUT2D eigenvalue weighted by atomic mass is 9.85. The van der Waals surface area contributed by atoms with E-state index in [2.05, 4.69) is 20.9 Å². The van der Waals surface area contributed by atoms with Crippen LogP contribution in [-0.2, 0) is 44.9 Å². The Morgan fingerprint density at radius 1 is 0.800 bits per heavy atom. The molecule has 4 bridgehead atoms. The lowest BCUT2D eigenvalue weighted by Crippen LogP contribution is -2.68. The first-order valence-corrected chi connectivity index (χ1v) is 33.8. The first-order chi connectivity index (χ1) is 45.9. The molecule has 26 heteroatoms. The smallest absolute Gasteiger partial charge is 0.342 e. The van der Waals surface area contributed by atoms with Gasteiger partial charge in [-0.05, 0) is 98.4 Å². The molecule has 8 aromatic rings. The Morgan fingerprint density at radius 3 is 2.28 bits per heavy atom. The van der Waals surface area contributed by atoms with Gasteiger partial charge in [0.15, 0.2) is 5.60 Å². The van der Waals surface area contributed by atoms with Crippen LogP contribution in [0.3, 0.4) is 0 Å². The number of para-hydroxylation sites is 2. The van der Waals surface area contributed by atoms with Crippen LogP contribution in [0.4, 0.5) is 10.1 Å². The molecule has 0 saturated carbocycles. The third-order valence-electron chi connectivity index (χ3n) is 20.3. The zero-order chi connectivity index (χ0) is 65.9. The molecule has 5 aromatic carbocycles. The van der Waals surface area contributed by atoms with E-state index < -0.39 is 48.2 Å². The summed E-state index contributed by atoms with van der Waals surface area (Å²) in [6, 6.07) is 29.1. The van der Waals surface area contributed by atoms with Crippen molar-refractivity contribution >= 4 is 108 Å². The number of quaternary nitrogens is 1. The second kappa shape index (κ2) is 25.9. The van der Waals surface area contributed by atoms with Gasteiger partial charge in [0, 0.05) is 112 Å². The fraction of sp³-hybridized carbons (Fsp3) is 0.406. The normalized spacial score (nSPS) is 20.5. The molecule has 10 heterocycles. The molecular formula is C69H72ClFN13O10S+. The standard InChI is InChI=1S/C69H71ClFN13O10S/c1-78(65(90)42-18-26-81(27-19-42)68(93)69(94-56-15-5-3-9-47(56)64-76-53-13-7-11-50(70)63(53)95-64)22-28-80(29-23-69)66(91)49-36-57(85)75-52-12-4-2-8-45(49)52)30-31-79-24-16-43(17-25-79)67(92)84-32-20-41(21-33-84)62-61-46(48-35-55-44(34-51(48)71)37-74-83(55)84)10-6-14-54(61)82(77-62)40-59(87)72-38-58(86)73-39-60(88)89/h2-15,34-35,37,41-43,49H,16-33,36,38-40H2,1H3,(H3-,72,73,75,85,86,87,88,89)/p+1/t41?,49-,84?/m0/s1. The number of carboxylic acid groups (broad SMARTS) is 1. The molecule has 0 unspecified atom stereocenters. The molecule has 492 valence electrons. The Balaban J connectivity index is 0.617. The number of piperidine rings is 4. The number of benzene rings is 5. The Kier molecular flexibility index (Phi) is 17.2. The Bertz CT molecular complexity index is 4410. The number of anilines is 1. The number of rotatable bonds is 16. The number of nitrogens with one attached hydrogen (secondary N) is 3. The fourth-order valence-corrected chi connectivity index (χ4v) is 16.4. The van der Waals surface area contributed by atoms with E-state index >= 15 is 14.0 Å². The highest BCUT2D eigenvalue weighted by molar-refractivity contribution is 7.22. The largest absolute Gasteiger partial charge is 0.480 e. The van der Waals surface area contributed by atoms with Gasteiger partial charge in [0.05, 0.1) is 56.6 Å². The van der Waals surface area contributed by atoms with Gasteiger partial charge in [0.2, 0.25) is 29.5 Å². The van der Waals surface area contributed by atoms with Crippen LogP contribution in [-0.4, -0.2) is 188 Å². The molecule has 4 fully saturated rings. The minimum Gasteiger partial charge on any atom is -0.480 e. The summed E-state index contributed by atoms with van der Waals surface area (Å²) in [4.78, 5) is 123. The number of nitrogens with zero attached hydrogens (tertiary/aromatic N) is 10. The maximum Gasteiger partial charge on any atom is 0.342 e. The summed E-state index contributed by atoms with van der Waals surface area (Å²) in [7, 11) is 1.82. The second-order valence-electron chi connectivity index (χ2n) is 26.0. The first kappa shape index (κ1) is 63.2. The maximum absolute atomic E-state index is 16.5. The molecule has 0 spiro atoms. The van der Waals surface area contributed by atoms with Crippen molar-refractivity contribution in [2.75, 3.05) is 90.9 Å². The number of ether oxygens (including phenoxy) is 1. The topological polar surface area (TPSA) is 264 Å². The fourth-order valence-electron chi connectivity index (χ4n) is 15.2. The Morgan fingerprint density at radius 2 is 1.52 bits per heavy atom. The van der Waals surface area contributed by atoms with Crippen LogP contribution < -0.4 is 25.3 Å². The summed E-state index contributed by atoms with van der Waals surface area (Å²) in [5.74, 6) is -4.36. The number of likely N-dealkylation sites (N-methyl/N-ethyl adjacent to an activating group) is 1. The predicted octanol–water partition coefficient (Wildman–Crippen LogP) is 7.27. The van der Waals surface area contributed by atoms with Crippen LogP contribution in [0, 0.1) is 17.7 Å². The highest BCUT2D eigenvalue weighted by Crippen LogP contribution is 2.45. The monoisotopic (exact) mass is 1330 g/mol. The van der Waals surface area contributed by atoms with Crippen molar-refractivity contribution in [3.05, 3.63) is 125 Å². The van der Waals surface area contributed by atoms with Crippen LogP contribution in [0.15, 0.2) is 103 Å². The molecular weight excluding hydrogens is 1260 g/mol. The summed E-state index contributed by atoms with van der Waals surface area (Å²) in [5, 5.41) is 29.0. The van der Waals surface area contributed by atoms with E-state index in [9.17, 15) is 28.8 Å². The zero-order valence-electron chi connectivity index (χ0n) is 52.4. The lowest BCUT2D eigenvalue weighted by molar-refractivity contribution is -0.158. The molecule has 7 aliphatic heterocycles. The first-order valence-electron chi connectivity index (χ1n) is 32.6. The average Bonchev–Trinajstić information content (AvgIpc) is 1.54. The van der Waals surface area contributed by atoms with Crippen molar-refractivity contribution in [3.63, 3.8) is 0 Å². The summed E-state index contributed by atoms with van der Waals surface area (Å²) in [5.41, 5.74) is 4.28. The van der Waals surface area contributed by atoms with Gasteiger partial charge >= 0.3 is 11.9 Å². The summed E-state index contributed by atoms with van der Waals surface area (Å²) < 4.78 is 25.8. The van der Waals surface area contributed by atoms with Gasteiger partial charge < -0.3 is 45.4 Å². The van der Waals surface area contributed by atoms with E-state index in [4.69, 9.17) is 36.6 Å². The number of thiazole rings is 1. The van der Waals surface area contributed by atoms with Crippen LogP contribution in [0.1, 0.15) is 80.9 Å². The van der Waals surface area contributed by atoms with Crippen LogP contribution in [0.25, 0.3) is 53.7 Å². The number of hydrogen-bond donors (Lipinski definition) is 4. The van der Waals surface area contributed by atoms with Gasteiger partial charge in [-0.3, -0.25) is 38.2 Å². The van der Waals surface area contributed by atoms with Crippen molar-refractivity contribution in [3.8, 4) is 27.4 Å². The molecule has 15 rings (SSSR count). The number of aromatic nitrogens is 5. The van der Waals surface area contributed by atoms with Crippen LogP contribution in [0.2, 0.25) is 5.02 Å². The molecule has 7 aliphatic rings. The SMILES string of the molecule is CN(CCN1CCC(C(=O)[N+]23CCC(CC2)c2nn(CC(=O)NCC(=O)NCC(=O)O)c4cccc(c24)-c2cc4c(cnn43)cc2F)CC1)C(=O)C1CCN(C(=O)C2(Oc3ccccc3-c3nc4cccc(Cl)c4s3)CCN(C(=O)[C@H]3CC(=O)Nc4ccccc43)CC2)CC1. The number of aliphatic carboxylic acids is 1. The number of hydrogen-bond acceptors (Lipinski definition) is 14. The van der Waals surface area contributed by atoms with E-state index in [0.29, 0.717) is 157 Å². The number of carbonyl (C=O) groups excluding carboxylic acids is 7. The van der Waals surface area contributed by atoms with E-state index in [1.54, 1.807) is 43.7 Å². The molecule has 95 heavy (non-hydrogen) atoms. The van der Waals surface area contributed by atoms with Gasteiger partial charge in [-0.1, -0.05) is 64.9 Å². The number of carboxylic acids is 1. The Labute approximate surface area is 554 Å². The minimum absolute atomic E-state index is 0.00866. The summed E-state index contributed by atoms with van der Waals surface area (Å²) in [6.45, 7) is 3.03. The highest BCUT2D eigenvalue weighted by atomic mass is 35.5. The molecule has 23 nitrogen and oxygen atoms in total. The van der Waals surface area contributed by atoms with E-state index in [1.165, 1.54) is 17.4 Å².